The van der Waals surface area contributed by atoms with Gasteiger partial charge in [0, 0.05) is 13.0 Å². The summed E-state index contributed by atoms with van der Waals surface area (Å²) in [7, 11) is 0. The lowest BCUT2D eigenvalue weighted by molar-refractivity contribution is -0.144. The topological polar surface area (TPSA) is 78.7 Å². The van der Waals surface area contributed by atoms with Crippen molar-refractivity contribution in [2.24, 2.45) is 0 Å². The zero-order valence-electron chi connectivity index (χ0n) is 13.5. The quantitative estimate of drug-likeness (QED) is 0.576. The summed E-state index contributed by atoms with van der Waals surface area (Å²) in [5, 5.41) is 3.76. The van der Waals surface area contributed by atoms with Crippen LogP contribution >= 0.6 is 0 Å². The Balaban J connectivity index is 1.75. The molecule has 2 saturated heterocycles. The van der Waals surface area contributed by atoms with Crippen molar-refractivity contribution in [1.82, 2.24) is 20.0 Å². The van der Waals surface area contributed by atoms with Crippen LogP contribution < -0.4 is 15.5 Å². The van der Waals surface area contributed by atoms with Crippen LogP contribution in [0.15, 0.2) is 24.7 Å². The molecule has 0 saturated carbocycles. The van der Waals surface area contributed by atoms with Gasteiger partial charge in [-0.15, -0.1) is 0 Å². The van der Waals surface area contributed by atoms with Crippen LogP contribution in [0.1, 0.15) is 12.0 Å². The fourth-order valence-corrected chi connectivity index (χ4v) is 3.48. The number of nitrogens with zero attached hydrogens (tertiary/aromatic N) is 3. The van der Waals surface area contributed by atoms with Crippen molar-refractivity contribution < 1.29 is 31.5 Å². The first kappa shape index (κ1) is 17.5. The van der Waals surface area contributed by atoms with Crippen molar-refractivity contribution in [2.75, 3.05) is 18.0 Å². The number of amides is 3. The van der Waals surface area contributed by atoms with Crippen LogP contribution in [0.25, 0.3) is 5.52 Å². The standard InChI is InChI=1S/C15H12F5N5O2/c16-14(17)6-24(2-1-13(14)11(26)22-12(27)23-13)10-4-8(15(18,19)20)3-9-5-21-7-25(9)10/h3-5,7H,1-2,6H2,(H2,22,23,26,27). The van der Waals surface area contributed by atoms with E-state index in [1.54, 1.807) is 5.32 Å². The van der Waals surface area contributed by atoms with E-state index in [2.05, 4.69) is 4.98 Å². The van der Waals surface area contributed by atoms with Gasteiger partial charge in [0.25, 0.3) is 11.8 Å². The second-order valence-corrected chi connectivity index (χ2v) is 6.48. The number of aromatic nitrogens is 2. The number of halogens is 5. The first-order valence-electron chi connectivity index (χ1n) is 7.83. The largest absolute Gasteiger partial charge is 0.416 e. The summed E-state index contributed by atoms with van der Waals surface area (Å²) < 4.78 is 70.4. The predicted octanol–water partition coefficient (Wildman–Crippen LogP) is 1.78. The second kappa shape index (κ2) is 5.30. The van der Waals surface area contributed by atoms with Crippen molar-refractivity contribution in [1.29, 1.82) is 0 Å². The van der Waals surface area contributed by atoms with E-state index in [-0.39, 0.29) is 17.9 Å². The highest BCUT2D eigenvalue weighted by atomic mass is 19.4. The number of imide groups is 1. The lowest BCUT2D eigenvalue weighted by Gasteiger charge is -2.44. The third kappa shape index (κ3) is 2.50. The highest BCUT2D eigenvalue weighted by Gasteiger charge is 2.65. The summed E-state index contributed by atoms with van der Waals surface area (Å²) >= 11 is 0. The van der Waals surface area contributed by atoms with E-state index in [1.165, 1.54) is 16.9 Å². The number of urea groups is 1. The van der Waals surface area contributed by atoms with E-state index < -0.39 is 48.1 Å². The molecule has 2 aromatic rings. The average molecular weight is 389 g/mol. The number of carbonyl (C=O) groups is 2. The SMILES string of the molecule is O=C1NC(=O)C2(CCN(c3cc(C(F)(F)F)cc4cncn34)CC2(F)F)N1. The molecule has 2 fully saturated rings. The van der Waals surface area contributed by atoms with Crippen molar-refractivity contribution in [2.45, 2.75) is 24.1 Å². The maximum Gasteiger partial charge on any atom is 0.416 e. The molecule has 0 bridgehead atoms. The minimum Gasteiger partial charge on any atom is -0.351 e. The molecule has 2 N–H and O–H groups in total. The number of anilines is 1. The van der Waals surface area contributed by atoms with Crippen LogP contribution in [-0.4, -0.2) is 45.9 Å². The van der Waals surface area contributed by atoms with Gasteiger partial charge in [-0.05, 0) is 12.1 Å². The maximum atomic E-state index is 14.8. The number of rotatable bonds is 1. The highest BCUT2D eigenvalue weighted by molar-refractivity contribution is 6.08. The Morgan fingerprint density at radius 3 is 2.52 bits per heavy atom. The monoisotopic (exact) mass is 389 g/mol. The van der Waals surface area contributed by atoms with Crippen molar-refractivity contribution in [3.05, 3.63) is 30.2 Å². The third-order valence-corrected chi connectivity index (χ3v) is 4.87. The summed E-state index contributed by atoms with van der Waals surface area (Å²) in [5.74, 6) is -4.98. The lowest BCUT2D eigenvalue weighted by atomic mass is 9.84. The zero-order chi connectivity index (χ0) is 19.6. The fraction of sp³-hybridized carbons (Fsp3) is 0.400. The second-order valence-electron chi connectivity index (χ2n) is 6.48. The molecule has 2 aliphatic rings. The van der Waals surface area contributed by atoms with Gasteiger partial charge in [-0.3, -0.25) is 14.5 Å². The van der Waals surface area contributed by atoms with Crippen LogP contribution in [0, 0.1) is 0 Å². The Morgan fingerprint density at radius 1 is 1.19 bits per heavy atom. The van der Waals surface area contributed by atoms with Gasteiger partial charge in [-0.25, -0.2) is 18.6 Å². The fourth-order valence-electron chi connectivity index (χ4n) is 3.48. The Morgan fingerprint density at radius 2 is 1.93 bits per heavy atom. The molecule has 1 unspecified atom stereocenters. The van der Waals surface area contributed by atoms with Gasteiger partial charge >= 0.3 is 12.2 Å². The van der Waals surface area contributed by atoms with E-state index in [1.807, 2.05) is 5.32 Å². The number of imidazole rings is 1. The highest BCUT2D eigenvalue weighted by Crippen LogP contribution is 2.41. The minimum absolute atomic E-state index is 0.0929. The molecule has 0 aromatic carbocycles. The predicted molar refractivity (Wildman–Crippen MR) is 81.4 cm³/mol. The summed E-state index contributed by atoms with van der Waals surface area (Å²) in [6.45, 7) is -1.22. The van der Waals surface area contributed by atoms with Gasteiger partial charge in [0.05, 0.1) is 23.8 Å². The van der Waals surface area contributed by atoms with Crippen molar-refractivity contribution >= 4 is 23.3 Å². The molecule has 4 heterocycles. The Kier molecular flexibility index (Phi) is 3.43. The molecule has 0 aliphatic carbocycles. The Labute approximate surface area is 148 Å². The smallest absolute Gasteiger partial charge is 0.351 e. The van der Waals surface area contributed by atoms with Gasteiger partial charge in [0.15, 0.2) is 5.54 Å². The molecule has 1 spiro atoms. The molecular weight excluding hydrogens is 377 g/mol. The molecule has 27 heavy (non-hydrogen) atoms. The molecule has 3 amide bonds. The van der Waals surface area contributed by atoms with Crippen molar-refractivity contribution in [3.8, 4) is 0 Å². The molecule has 0 radical (unpaired) electrons. The zero-order valence-corrected chi connectivity index (χ0v) is 13.5. The number of fused-ring (bicyclic) bond motifs is 1. The third-order valence-electron chi connectivity index (χ3n) is 4.87. The van der Waals surface area contributed by atoms with E-state index in [9.17, 15) is 31.5 Å². The summed E-state index contributed by atoms with van der Waals surface area (Å²) in [5.41, 5.74) is -3.31. The molecule has 7 nitrogen and oxygen atoms in total. The number of alkyl halides is 5. The number of hydrogen-bond acceptors (Lipinski definition) is 4. The van der Waals surface area contributed by atoms with Gasteiger partial charge < -0.3 is 10.2 Å². The van der Waals surface area contributed by atoms with Gasteiger partial charge in [0.1, 0.15) is 12.1 Å². The number of carbonyl (C=O) groups excluding carboxylic acids is 2. The first-order valence-corrected chi connectivity index (χ1v) is 7.83. The molecular formula is C15H12F5N5O2. The van der Waals surface area contributed by atoms with Crippen molar-refractivity contribution in [3.63, 3.8) is 0 Å². The summed E-state index contributed by atoms with van der Waals surface area (Å²) in [6, 6.07) is 0.602. The van der Waals surface area contributed by atoms with E-state index in [0.717, 1.165) is 17.0 Å². The summed E-state index contributed by atoms with van der Waals surface area (Å²) in [4.78, 5) is 28.1. The summed E-state index contributed by atoms with van der Waals surface area (Å²) in [6.07, 6.45) is -2.73. The molecule has 12 heteroatoms. The van der Waals surface area contributed by atoms with Gasteiger partial charge in [0.2, 0.25) is 0 Å². The first-order chi connectivity index (χ1) is 12.5. The number of hydrogen-bond donors (Lipinski definition) is 2. The Bertz CT molecular complexity index is 956. The number of nitrogens with one attached hydrogen (secondary N) is 2. The van der Waals surface area contributed by atoms with Crippen LogP contribution in [0.2, 0.25) is 0 Å². The van der Waals surface area contributed by atoms with E-state index in [0.29, 0.717) is 0 Å². The van der Waals surface area contributed by atoms with Crippen LogP contribution in [-0.2, 0) is 11.0 Å². The van der Waals surface area contributed by atoms with Crippen LogP contribution in [0.3, 0.4) is 0 Å². The number of pyridine rings is 1. The van der Waals surface area contributed by atoms with Crippen LogP contribution in [0.4, 0.5) is 32.6 Å². The lowest BCUT2D eigenvalue weighted by Crippen LogP contribution is -2.68. The molecule has 144 valence electrons. The van der Waals surface area contributed by atoms with E-state index in [4.69, 9.17) is 0 Å². The normalized spacial score (nSPS) is 25.1. The van der Waals surface area contributed by atoms with Gasteiger partial charge in [-0.2, -0.15) is 13.2 Å². The molecule has 2 aliphatic heterocycles. The maximum absolute atomic E-state index is 14.8. The minimum atomic E-state index is -4.67. The molecule has 2 aromatic heterocycles. The van der Waals surface area contributed by atoms with E-state index >= 15 is 0 Å². The Hall–Kier alpha value is -2.92. The average Bonchev–Trinajstić information content (AvgIpc) is 3.13. The van der Waals surface area contributed by atoms with Gasteiger partial charge in [-0.1, -0.05) is 0 Å². The molecule has 4 rings (SSSR count). The van der Waals surface area contributed by atoms with Crippen LogP contribution in [0.5, 0.6) is 0 Å². The molecule has 1 atom stereocenters. The number of piperidine rings is 1.